The Labute approximate surface area is 86.5 Å². The van der Waals surface area contributed by atoms with Gasteiger partial charge in [-0.2, -0.15) is 0 Å². The van der Waals surface area contributed by atoms with Gasteiger partial charge >= 0.3 is 0 Å². The number of halogens is 3. The molecule has 0 fully saturated rings. The summed E-state index contributed by atoms with van der Waals surface area (Å²) in [4.78, 5) is 0. The summed E-state index contributed by atoms with van der Waals surface area (Å²) in [6.45, 7) is 1.63. The zero-order valence-corrected chi connectivity index (χ0v) is 8.43. The number of benzene rings is 1. The van der Waals surface area contributed by atoms with Gasteiger partial charge in [-0.15, -0.1) is 0 Å². The second-order valence-corrected chi connectivity index (χ2v) is 3.60. The first-order valence-corrected chi connectivity index (χ1v) is 4.82. The van der Waals surface area contributed by atoms with Crippen molar-refractivity contribution in [3.05, 3.63) is 35.1 Å². The summed E-state index contributed by atoms with van der Waals surface area (Å²) >= 11 is 0. The third-order valence-electron chi connectivity index (χ3n) is 2.16. The van der Waals surface area contributed by atoms with E-state index in [1.165, 1.54) is 0 Å². The molecule has 1 aromatic rings. The summed E-state index contributed by atoms with van der Waals surface area (Å²) in [6.07, 6.45) is 0.893. The molecule has 0 amide bonds. The van der Waals surface area contributed by atoms with Crippen LogP contribution in [0.2, 0.25) is 0 Å². The molecule has 0 saturated carbocycles. The Balaban J connectivity index is 2.65. The first-order valence-electron chi connectivity index (χ1n) is 4.82. The fourth-order valence-corrected chi connectivity index (χ4v) is 1.34. The quantitative estimate of drug-likeness (QED) is 0.770. The molecule has 0 bridgehead atoms. The molecular weight excluding hydrogens is 205 g/mol. The Morgan fingerprint density at radius 1 is 1.13 bits per heavy atom. The smallest absolute Gasteiger partial charge is 0.161 e. The van der Waals surface area contributed by atoms with E-state index < -0.39 is 23.6 Å². The molecule has 15 heavy (non-hydrogen) atoms. The third kappa shape index (κ3) is 3.55. The Morgan fingerprint density at radius 2 is 1.73 bits per heavy atom. The number of hydrogen-bond donors (Lipinski definition) is 1. The predicted molar refractivity (Wildman–Crippen MR) is 50.9 cm³/mol. The summed E-state index contributed by atoms with van der Waals surface area (Å²) in [5.41, 5.74) is 0.148. The minimum absolute atomic E-state index is 0.148. The first kappa shape index (κ1) is 12.0. The standard InChI is InChI=1S/C11H13F3O/c1-7(15)3-2-4-8-5-10(13)11(14)6-9(8)12/h5-7,15H,2-4H2,1H3. The van der Waals surface area contributed by atoms with Crippen molar-refractivity contribution in [1.29, 1.82) is 0 Å². The summed E-state index contributed by atoms with van der Waals surface area (Å²) in [7, 11) is 0. The zero-order chi connectivity index (χ0) is 11.4. The molecule has 1 nitrogen and oxygen atoms in total. The number of aliphatic hydroxyl groups is 1. The molecule has 1 N–H and O–H groups in total. The highest BCUT2D eigenvalue weighted by atomic mass is 19.2. The number of rotatable bonds is 4. The summed E-state index contributed by atoms with van der Waals surface area (Å²) in [5.74, 6) is -2.95. The monoisotopic (exact) mass is 218 g/mol. The number of aryl methyl sites for hydroxylation is 1. The predicted octanol–water partition coefficient (Wildman–Crippen LogP) is 2.81. The average molecular weight is 218 g/mol. The van der Waals surface area contributed by atoms with Crippen LogP contribution in [0.15, 0.2) is 12.1 Å². The molecule has 0 aromatic heterocycles. The minimum atomic E-state index is -1.17. The van der Waals surface area contributed by atoms with E-state index in [0.717, 1.165) is 6.07 Å². The van der Waals surface area contributed by atoms with Crippen molar-refractivity contribution in [2.24, 2.45) is 0 Å². The Hall–Kier alpha value is -1.03. The second-order valence-electron chi connectivity index (χ2n) is 3.60. The fourth-order valence-electron chi connectivity index (χ4n) is 1.34. The van der Waals surface area contributed by atoms with E-state index in [-0.39, 0.29) is 5.56 Å². The molecule has 1 atom stereocenters. The van der Waals surface area contributed by atoms with E-state index in [4.69, 9.17) is 5.11 Å². The number of hydrogen-bond acceptors (Lipinski definition) is 1. The van der Waals surface area contributed by atoms with Crippen molar-refractivity contribution in [3.8, 4) is 0 Å². The fraction of sp³-hybridized carbons (Fsp3) is 0.455. The lowest BCUT2D eigenvalue weighted by Gasteiger charge is -2.05. The first-order chi connectivity index (χ1) is 7.00. The van der Waals surface area contributed by atoms with Crippen LogP contribution in [-0.2, 0) is 6.42 Å². The average Bonchev–Trinajstić information content (AvgIpc) is 2.13. The third-order valence-corrected chi connectivity index (χ3v) is 2.16. The van der Waals surface area contributed by atoms with Gasteiger partial charge in [-0.3, -0.25) is 0 Å². The maximum absolute atomic E-state index is 13.1. The highest BCUT2D eigenvalue weighted by Crippen LogP contribution is 2.16. The molecule has 0 radical (unpaired) electrons. The van der Waals surface area contributed by atoms with Gasteiger partial charge in [-0.1, -0.05) is 0 Å². The van der Waals surface area contributed by atoms with Crippen molar-refractivity contribution in [1.82, 2.24) is 0 Å². The molecule has 1 rings (SSSR count). The maximum atomic E-state index is 13.1. The highest BCUT2D eigenvalue weighted by molar-refractivity contribution is 5.20. The lowest BCUT2D eigenvalue weighted by atomic mass is 10.1. The van der Waals surface area contributed by atoms with Crippen LogP contribution in [0.25, 0.3) is 0 Å². The number of aliphatic hydroxyl groups excluding tert-OH is 1. The van der Waals surface area contributed by atoms with Gasteiger partial charge in [0, 0.05) is 6.07 Å². The van der Waals surface area contributed by atoms with Crippen LogP contribution in [0, 0.1) is 17.5 Å². The van der Waals surface area contributed by atoms with Gasteiger partial charge < -0.3 is 5.11 Å². The molecule has 84 valence electrons. The second kappa shape index (κ2) is 5.16. The highest BCUT2D eigenvalue weighted by Gasteiger charge is 2.09. The van der Waals surface area contributed by atoms with Crippen LogP contribution in [0.4, 0.5) is 13.2 Å². The topological polar surface area (TPSA) is 20.2 Å². The van der Waals surface area contributed by atoms with Crippen LogP contribution in [0.1, 0.15) is 25.3 Å². The summed E-state index contributed by atoms with van der Waals surface area (Å²) in [5, 5.41) is 8.97. The lowest BCUT2D eigenvalue weighted by Crippen LogP contribution is -2.01. The maximum Gasteiger partial charge on any atom is 0.161 e. The van der Waals surface area contributed by atoms with Crippen LogP contribution < -0.4 is 0 Å². The van der Waals surface area contributed by atoms with Crippen LogP contribution in [0.3, 0.4) is 0 Å². The van der Waals surface area contributed by atoms with E-state index in [9.17, 15) is 13.2 Å². The zero-order valence-electron chi connectivity index (χ0n) is 8.43. The van der Waals surface area contributed by atoms with E-state index in [2.05, 4.69) is 0 Å². The SMILES string of the molecule is CC(O)CCCc1cc(F)c(F)cc1F. The van der Waals surface area contributed by atoms with Gasteiger partial charge in [0.05, 0.1) is 6.10 Å². The van der Waals surface area contributed by atoms with Gasteiger partial charge in [0.25, 0.3) is 0 Å². The van der Waals surface area contributed by atoms with E-state index in [0.29, 0.717) is 25.3 Å². The van der Waals surface area contributed by atoms with Crippen LogP contribution in [0.5, 0.6) is 0 Å². The molecule has 0 aliphatic rings. The van der Waals surface area contributed by atoms with E-state index >= 15 is 0 Å². The Kier molecular flexibility index (Phi) is 4.15. The molecule has 1 aromatic carbocycles. The largest absolute Gasteiger partial charge is 0.393 e. The lowest BCUT2D eigenvalue weighted by molar-refractivity contribution is 0.181. The van der Waals surface area contributed by atoms with Gasteiger partial charge in [-0.05, 0) is 37.8 Å². The summed E-state index contributed by atoms with van der Waals surface area (Å²) < 4.78 is 38.4. The van der Waals surface area contributed by atoms with Crippen molar-refractivity contribution in [2.45, 2.75) is 32.3 Å². The Morgan fingerprint density at radius 3 is 2.33 bits per heavy atom. The van der Waals surface area contributed by atoms with Gasteiger partial charge in [0.2, 0.25) is 0 Å². The molecule has 1 unspecified atom stereocenters. The molecule has 0 aliphatic heterocycles. The molecule has 0 saturated heterocycles. The Bertz CT molecular complexity index is 337. The van der Waals surface area contributed by atoms with E-state index in [1.54, 1.807) is 6.92 Å². The molecule has 4 heteroatoms. The minimum Gasteiger partial charge on any atom is -0.393 e. The van der Waals surface area contributed by atoms with Gasteiger partial charge in [-0.25, -0.2) is 13.2 Å². The van der Waals surface area contributed by atoms with Crippen molar-refractivity contribution < 1.29 is 18.3 Å². The normalized spacial score (nSPS) is 12.9. The molecule has 0 spiro atoms. The van der Waals surface area contributed by atoms with E-state index in [1.807, 2.05) is 0 Å². The summed E-state index contributed by atoms with van der Waals surface area (Å²) in [6, 6.07) is 1.42. The van der Waals surface area contributed by atoms with Gasteiger partial charge in [0.15, 0.2) is 11.6 Å². The molecular formula is C11H13F3O. The molecule has 0 aliphatic carbocycles. The molecule has 0 heterocycles. The van der Waals surface area contributed by atoms with Crippen molar-refractivity contribution >= 4 is 0 Å². The van der Waals surface area contributed by atoms with Crippen molar-refractivity contribution in [3.63, 3.8) is 0 Å². The van der Waals surface area contributed by atoms with Gasteiger partial charge in [0.1, 0.15) is 5.82 Å². The van der Waals surface area contributed by atoms with Crippen molar-refractivity contribution in [2.75, 3.05) is 0 Å². The van der Waals surface area contributed by atoms with Crippen LogP contribution >= 0.6 is 0 Å². The van der Waals surface area contributed by atoms with Crippen LogP contribution in [-0.4, -0.2) is 11.2 Å².